The average Bonchev–Trinajstić information content (AvgIpc) is 2.93. The zero-order chi connectivity index (χ0) is 16.9. The predicted octanol–water partition coefficient (Wildman–Crippen LogP) is 3.28. The number of hydrogen-bond acceptors (Lipinski definition) is 7. The maximum Gasteiger partial charge on any atom is 0.243 e. The minimum Gasteiger partial charge on any atom is -0.497 e. The second-order valence-electron chi connectivity index (χ2n) is 5.32. The Morgan fingerprint density at radius 1 is 1.12 bits per heavy atom. The van der Waals surface area contributed by atoms with Crippen molar-refractivity contribution in [3.8, 4) is 17.0 Å². The molecule has 0 fully saturated rings. The number of rotatable bonds is 6. The van der Waals surface area contributed by atoms with Crippen LogP contribution < -0.4 is 10.1 Å². The van der Waals surface area contributed by atoms with Gasteiger partial charge in [-0.2, -0.15) is 5.10 Å². The van der Waals surface area contributed by atoms with Gasteiger partial charge in [0.05, 0.1) is 29.7 Å². The lowest BCUT2D eigenvalue weighted by Gasteiger charge is -2.06. The molecule has 0 aliphatic carbocycles. The molecular weight excluding hydrogens is 322 g/mol. The molecule has 0 unspecified atom stereocenters. The second kappa shape index (κ2) is 7.35. The third-order valence-corrected chi connectivity index (χ3v) is 4.77. The van der Waals surface area contributed by atoms with Gasteiger partial charge in [-0.05, 0) is 38.1 Å². The molecule has 3 rings (SSSR count). The Morgan fingerprint density at radius 3 is 2.58 bits per heavy atom. The second-order valence-corrected chi connectivity index (χ2v) is 6.61. The van der Waals surface area contributed by atoms with Gasteiger partial charge in [-0.25, -0.2) is 9.97 Å². The number of ether oxygens (including phenoxy) is 1. The Hall–Kier alpha value is -2.54. The molecule has 0 saturated carbocycles. The van der Waals surface area contributed by atoms with Crippen molar-refractivity contribution < 1.29 is 4.74 Å². The quantitative estimate of drug-likeness (QED) is 0.742. The summed E-state index contributed by atoms with van der Waals surface area (Å²) in [7, 11) is 1.65. The normalized spacial score (nSPS) is 10.6. The van der Waals surface area contributed by atoms with E-state index < -0.39 is 0 Å². The van der Waals surface area contributed by atoms with Crippen molar-refractivity contribution >= 4 is 17.3 Å². The third kappa shape index (κ3) is 3.86. The monoisotopic (exact) mass is 341 g/mol. The van der Waals surface area contributed by atoms with E-state index in [4.69, 9.17) is 4.74 Å². The van der Waals surface area contributed by atoms with Gasteiger partial charge in [0, 0.05) is 23.4 Å². The largest absolute Gasteiger partial charge is 0.497 e. The molecule has 0 bridgehead atoms. The predicted molar refractivity (Wildman–Crippen MR) is 95.6 cm³/mol. The molecule has 6 nitrogen and oxygen atoms in total. The van der Waals surface area contributed by atoms with Crippen LogP contribution in [0.25, 0.3) is 11.3 Å². The van der Waals surface area contributed by atoms with Gasteiger partial charge in [-0.1, -0.05) is 0 Å². The van der Waals surface area contributed by atoms with Crippen LogP contribution in [0.5, 0.6) is 5.75 Å². The maximum atomic E-state index is 5.17. The fraction of sp³-hybridized carbons (Fsp3) is 0.294. The van der Waals surface area contributed by atoms with Crippen LogP contribution in [0.2, 0.25) is 0 Å². The van der Waals surface area contributed by atoms with Gasteiger partial charge in [-0.3, -0.25) is 0 Å². The number of nitrogens with zero attached hydrogens (tertiary/aromatic N) is 4. The Morgan fingerprint density at radius 2 is 1.92 bits per heavy atom. The highest BCUT2D eigenvalue weighted by molar-refractivity contribution is 7.11. The Balaban J connectivity index is 1.64. The maximum absolute atomic E-state index is 5.17. The zero-order valence-electron chi connectivity index (χ0n) is 13.9. The van der Waals surface area contributed by atoms with E-state index in [0.29, 0.717) is 5.95 Å². The number of nitrogens with one attached hydrogen (secondary N) is 1. The number of aromatic nitrogens is 4. The van der Waals surface area contributed by atoms with Crippen molar-refractivity contribution in [3.63, 3.8) is 0 Å². The van der Waals surface area contributed by atoms with Crippen LogP contribution in [0, 0.1) is 13.8 Å². The van der Waals surface area contributed by atoms with Crippen LogP contribution in [0.1, 0.15) is 15.6 Å². The summed E-state index contributed by atoms with van der Waals surface area (Å²) in [5.74, 6) is 1.33. The first kappa shape index (κ1) is 16.3. The summed E-state index contributed by atoms with van der Waals surface area (Å²) in [6.45, 7) is 4.85. The van der Waals surface area contributed by atoms with Crippen LogP contribution >= 0.6 is 11.3 Å². The smallest absolute Gasteiger partial charge is 0.243 e. The van der Waals surface area contributed by atoms with Crippen molar-refractivity contribution in [2.75, 3.05) is 19.0 Å². The number of hydrogen-bond donors (Lipinski definition) is 1. The minimum atomic E-state index is 0.522. The molecule has 124 valence electrons. The van der Waals surface area contributed by atoms with Crippen molar-refractivity contribution in [1.82, 2.24) is 20.2 Å². The van der Waals surface area contributed by atoms with E-state index in [1.165, 1.54) is 4.88 Å². The van der Waals surface area contributed by atoms with E-state index in [-0.39, 0.29) is 0 Å². The molecule has 3 aromatic rings. The molecule has 0 spiro atoms. The van der Waals surface area contributed by atoms with E-state index in [1.54, 1.807) is 24.6 Å². The van der Waals surface area contributed by atoms with Crippen LogP contribution in [-0.4, -0.2) is 33.8 Å². The highest BCUT2D eigenvalue weighted by Crippen LogP contribution is 2.20. The molecular formula is C17H19N5OS. The molecule has 0 amide bonds. The van der Waals surface area contributed by atoms with E-state index in [0.717, 1.165) is 40.7 Å². The summed E-state index contributed by atoms with van der Waals surface area (Å²) < 4.78 is 5.17. The SMILES string of the molecule is COc1ccc(-c2cnnc(NCCc3nc(C)c(C)s3)n2)cc1. The van der Waals surface area contributed by atoms with Crippen molar-refractivity contribution in [2.24, 2.45) is 0 Å². The molecule has 0 aliphatic rings. The molecule has 1 aromatic carbocycles. The summed E-state index contributed by atoms with van der Waals surface area (Å²) >= 11 is 1.73. The highest BCUT2D eigenvalue weighted by atomic mass is 32.1. The number of methoxy groups -OCH3 is 1. The van der Waals surface area contributed by atoms with Gasteiger partial charge in [0.25, 0.3) is 0 Å². The topological polar surface area (TPSA) is 72.8 Å². The summed E-state index contributed by atoms with van der Waals surface area (Å²) in [6.07, 6.45) is 2.50. The van der Waals surface area contributed by atoms with Crippen LogP contribution in [0.4, 0.5) is 5.95 Å². The van der Waals surface area contributed by atoms with Crippen LogP contribution in [-0.2, 0) is 6.42 Å². The van der Waals surface area contributed by atoms with Gasteiger partial charge in [-0.15, -0.1) is 16.4 Å². The molecule has 2 aromatic heterocycles. The van der Waals surface area contributed by atoms with Crippen molar-refractivity contribution in [2.45, 2.75) is 20.3 Å². The van der Waals surface area contributed by atoms with Crippen molar-refractivity contribution in [1.29, 1.82) is 0 Å². The Labute approximate surface area is 145 Å². The molecule has 7 heteroatoms. The van der Waals surface area contributed by atoms with E-state index in [2.05, 4.69) is 32.4 Å². The Bertz CT molecular complexity index is 797. The van der Waals surface area contributed by atoms with Crippen molar-refractivity contribution in [3.05, 3.63) is 46.0 Å². The molecule has 0 radical (unpaired) electrons. The first-order chi connectivity index (χ1) is 11.7. The summed E-state index contributed by atoms with van der Waals surface area (Å²) in [5, 5.41) is 12.4. The molecule has 0 saturated heterocycles. The van der Waals surface area contributed by atoms with Crippen LogP contribution in [0.3, 0.4) is 0 Å². The lowest BCUT2D eigenvalue weighted by atomic mass is 10.1. The number of anilines is 1. The first-order valence-electron chi connectivity index (χ1n) is 7.66. The number of benzene rings is 1. The van der Waals surface area contributed by atoms with Gasteiger partial charge < -0.3 is 10.1 Å². The van der Waals surface area contributed by atoms with Gasteiger partial charge in [0.15, 0.2) is 0 Å². The fourth-order valence-corrected chi connectivity index (χ4v) is 3.14. The van der Waals surface area contributed by atoms with E-state index in [1.807, 2.05) is 31.2 Å². The molecule has 1 N–H and O–H groups in total. The fourth-order valence-electron chi connectivity index (χ4n) is 2.21. The molecule has 0 aliphatic heterocycles. The number of thiazole rings is 1. The lowest BCUT2D eigenvalue weighted by Crippen LogP contribution is -2.09. The highest BCUT2D eigenvalue weighted by Gasteiger charge is 2.06. The minimum absolute atomic E-state index is 0.522. The van der Waals surface area contributed by atoms with Gasteiger partial charge >= 0.3 is 0 Å². The standard InChI is InChI=1S/C17H19N5OS/c1-11-12(2)24-16(20-11)8-9-18-17-21-15(10-19-22-17)13-4-6-14(23-3)7-5-13/h4-7,10H,8-9H2,1-3H3,(H,18,21,22). The lowest BCUT2D eigenvalue weighted by molar-refractivity contribution is 0.415. The van der Waals surface area contributed by atoms with Gasteiger partial charge in [0.1, 0.15) is 5.75 Å². The molecule has 0 atom stereocenters. The average molecular weight is 341 g/mol. The Kier molecular flexibility index (Phi) is 5.00. The first-order valence-corrected chi connectivity index (χ1v) is 8.48. The van der Waals surface area contributed by atoms with E-state index >= 15 is 0 Å². The molecule has 24 heavy (non-hydrogen) atoms. The summed E-state index contributed by atoms with van der Waals surface area (Å²) in [6, 6.07) is 7.71. The van der Waals surface area contributed by atoms with E-state index in [9.17, 15) is 0 Å². The molecule has 2 heterocycles. The number of aryl methyl sites for hydroxylation is 2. The van der Waals surface area contributed by atoms with Gasteiger partial charge in [0.2, 0.25) is 5.95 Å². The third-order valence-electron chi connectivity index (χ3n) is 3.64. The van der Waals surface area contributed by atoms with Crippen LogP contribution in [0.15, 0.2) is 30.5 Å². The zero-order valence-corrected chi connectivity index (χ0v) is 14.7. The summed E-state index contributed by atoms with van der Waals surface area (Å²) in [5.41, 5.74) is 2.85. The summed E-state index contributed by atoms with van der Waals surface area (Å²) in [4.78, 5) is 10.3.